The summed E-state index contributed by atoms with van der Waals surface area (Å²) < 4.78 is 41.2. The molecule has 3 aliphatic carbocycles. The fourth-order valence-electron chi connectivity index (χ4n) is 6.01. The second-order valence-electron chi connectivity index (χ2n) is 8.48. The van der Waals surface area contributed by atoms with E-state index in [9.17, 15) is 13.2 Å². The van der Waals surface area contributed by atoms with Gasteiger partial charge in [0.25, 0.3) is 0 Å². The highest BCUT2D eigenvalue weighted by molar-refractivity contribution is 7.81. The number of carbonyl (C=O) groups is 1. The summed E-state index contributed by atoms with van der Waals surface area (Å²) in [6.07, 6.45) is 4.46. The number of Topliss-reactive ketones (excluding diaryl/α,β-unsaturated/α-hetero) is 1. The first kappa shape index (κ1) is 18.9. The van der Waals surface area contributed by atoms with Crippen molar-refractivity contribution in [2.75, 3.05) is 13.7 Å². The van der Waals surface area contributed by atoms with Gasteiger partial charge in [0, 0.05) is 24.9 Å². The van der Waals surface area contributed by atoms with Crippen LogP contribution in [0, 0.1) is 17.3 Å². The van der Waals surface area contributed by atoms with Crippen LogP contribution in [-0.2, 0) is 19.9 Å². The lowest BCUT2D eigenvalue weighted by atomic mass is 9.54. The third-order valence-corrected chi connectivity index (χ3v) is 7.57. The standard InChI is InChI=1S/C20H26O6S/c1-20-8-7-15-14-4-3-13(26-27(22,23)24)10-16(14)12(11-25-2)9-17(15)18(20)5-6-19(20)21/h3-4,10,12,15,17-18H,5-9,11H2,1-2H3,(H,22,23,24). The van der Waals surface area contributed by atoms with Gasteiger partial charge >= 0.3 is 10.4 Å². The van der Waals surface area contributed by atoms with Gasteiger partial charge in [-0.3, -0.25) is 9.35 Å². The Labute approximate surface area is 160 Å². The summed E-state index contributed by atoms with van der Waals surface area (Å²) in [6.45, 7) is 2.68. The van der Waals surface area contributed by atoms with Crippen molar-refractivity contribution >= 4 is 16.2 Å². The Kier molecular flexibility index (Phi) is 4.60. The number of ketones is 1. The molecule has 0 heterocycles. The molecule has 1 N–H and O–H groups in total. The number of carbonyl (C=O) groups excluding carboxylic acids is 1. The predicted molar refractivity (Wildman–Crippen MR) is 99.2 cm³/mol. The van der Waals surface area contributed by atoms with Gasteiger partial charge in [0.05, 0.1) is 6.61 Å². The zero-order chi connectivity index (χ0) is 19.4. The maximum absolute atomic E-state index is 12.5. The first-order chi connectivity index (χ1) is 12.7. The van der Waals surface area contributed by atoms with E-state index in [-0.39, 0.29) is 17.1 Å². The highest BCUT2D eigenvalue weighted by Gasteiger charge is 2.55. The van der Waals surface area contributed by atoms with Gasteiger partial charge in [-0.05, 0) is 66.7 Å². The topological polar surface area (TPSA) is 89.9 Å². The van der Waals surface area contributed by atoms with Crippen LogP contribution in [0.3, 0.4) is 0 Å². The molecule has 0 saturated heterocycles. The zero-order valence-corrected chi connectivity index (χ0v) is 16.5. The third-order valence-electron chi connectivity index (χ3n) is 7.17. The molecule has 0 aromatic heterocycles. The number of rotatable bonds is 4. The van der Waals surface area contributed by atoms with E-state index in [2.05, 4.69) is 11.1 Å². The monoisotopic (exact) mass is 394 g/mol. The van der Waals surface area contributed by atoms with Crippen LogP contribution in [0.1, 0.15) is 62.0 Å². The molecule has 148 valence electrons. The van der Waals surface area contributed by atoms with Gasteiger partial charge in [-0.1, -0.05) is 13.0 Å². The van der Waals surface area contributed by atoms with Crippen molar-refractivity contribution in [2.45, 2.75) is 50.9 Å². The number of hydrogen-bond acceptors (Lipinski definition) is 5. The van der Waals surface area contributed by atoms with Crippen molar-refractivity contribution < 1.29 is 26.7 Å². The van der Waals surface area contributed by atoms with Gasteiger partial charge in [0.1, 0.15) is 11.5 Å². The van der Waals surface area contributed by atoms with E-state index in [1.54, 1.807) is 19.2 Å². The van der Waals surface area contributed by atoms with Gasteiger partial charge in [-0.15, -0.1) is 0 Å². The van der Waals surface area contributed by atoms with Crippen molar-refractivity contribution in [1.29, 1.82) is 0 Å². The van der Waals surface area contributed by atoms with Gasteiger partial charge in [-0.25, -0.2) is 0 Å². The molecule has 5 atom stereocenters. The molecule has 2 saturated carbocycles. The Morgan fingerprint density at radius 1 is 1.26 bits per heavy atom. The van der Waals surface area contributed by atoms with Gasteiger partial charge in [0.2, 0.25) is 0 Å². The van der Waals surface area contributed by atoms with Crippen LogP contribution in [0.15, 0.2) is 18.2 Å². The predicted octanol–water partition coefficient (Wildman–Crippen LogP) is 3.48. The third kappa shape index (κ3) is 3.19. The highest BCUT2D eigenvalue weighted by atomic mass is 32.3. The minimum absolute atomic E-state index is 0.118. The summed E-state index contributed by atoms with van der Waals surface area (Å²) in [5, 5.41) is 0. The molecule has 5 unspecified atom stereocenters. The molecule has 2 fully saturated rings. The number of methoxy groups -OCH3 is 1. The summed E-state index contributed by atoms with van der Waals surface area (Å²) in [7, 11) is -2.89. The largest absolute Gasteiger partial charge is 0.446 e. The fraction of sp³-hybridized carbons (Fsp3) is 0.650. The molecule has 4 rings (SSSR count). The summed E-state index contributed by atoms with van der Waals surface area (Å²) in [6, 6.07) is 5.25. The molecule has 7 heteroatoms. The lowest BCUT2D eigenvalue weighted by Gasteiger charge is -2.50. The smallest absolute Gasteiger partial charge is 0.384 e. The van der Waals surface area contributed by atoms with E-state index in [1.807, 2.05) is 6.07 Å². The molecular formula is C20H26O6S. The molecular weight excluding hydrogens is 368 g/mol. The lowest BCUT2D eigenvalue weighted by molar-refractivity contribution is -0.129. The molecule has 1 aromatic carbocycles. The Balaban J connectivity index is 1.73. The van der Waals surface area contributed by atoms with Crippen LogP contribution < -0.4 is 4.18 Å². The highest BCUT2D eigenvalue weighted by Crippen LogP contribution is 2.61. The van der Waals surface area contributed by atoms with E-state index < -0.39 is 10.4 Å². The molecule has 27 heavy (non-hydrogen) atoms. The van der Waals surface area contributed by atoms with E-state index in [0.29, 0.717) is 36.6 Å². The molecule has 3 aliphatic rings. The zero-order valence-electron chi connectivity index (χ0n) is 15.7. The van der Waals surface area contributed by atoms with Crippen LogP contribution in [-0.4, -0.2) is 32.5 Å². The molecule has 0 spiro atoms. The van der Waals surface area contributed by atoms with Crippen molar-refractivity contribution in [3.63, 3.8) is 0 Å². The van der Waals surface area contributed by atoms with Crippen LogP contribution in [0.4, 0.5) is 0 Å². The normalized spacial score (nSPS) is 35.3. The summed E-state index contributed by atoms with van der Waals surface area (Å²) in [5.41, 5.74) is 2.05. The number of benzene rings is 1. The van der Waals surface area contributed by atoms with E-state index in [1.165, 1.54) is 5.56 Å². The average molecular weight is 394 g/mol. The first-order valence-corrected chi connectivity index (χ1v) is 10.9. The summed E-state index contributed by atoms with van der Waals surface area (Å²) in [5.74, 6) is 1.87. The minimum atomic E-state index is -4.55. The van der Waals surface area contributed by atoms with Crippen molar-refractivity contribution in [3.05, 3.63) is 29.3 Å². The van der Waals surface area contributed by atoms with Crippen LogP contribution in [0.5, 0.6) is 5.75 Å². The maximum atomic E-state index is 12.5. The van der Waals surface area contributed by atoms with Gasteiger partial charge < -0.3 is 8.92 Å². The van der Waals surface area contributed by atoms with Crippen molar-refractivity contribution in [1.82, 2.24) is 0 Å². The second kappa shape index (κ2) is 6.57. The Morgan fingerprint density at radius 2 is 2.04 bits per heavy atom. The second-order valence-corrected chi connectivity index (χ2v) is 9.51. The quantitative estimate of drug-likeness (QED) is 0.787. The summed E-state index contributed by atoms with van der Waals surface area (Å²) >= 11 is 0. The SMILES string of the molecule is COCC1CC2C(CCC3(C)C(=O)CCC23)c2ccc(OS(=O)(=O)O)cc21. The Bertz CT molecular complexity index is 863. The number of ether oxygens (including phenoxy) is 1. The van der Waals surface area contributed by atoms with Crippen LogP contribution in [0.25, 0.3) is 0 Å². The Hall–Kier alpha value is -1.44. The van der Waals surface area contributed by atoms with Crippen LogP contribution >= 0.6 is 0 Å². The molecule has 1 aromatic rings. The molecule has 0 radical (unpaired) electrons. The molecule has 0 bridgehead atoms. The number of fused-ring (bicyclic) bond motifs is 5. The van der Waals surface area contributed by atoms with Gasteiger partial charge in [0.15, 0.2) is 0 Å². The first-order valence-electron chi connectivity index (χ1n) is 9.56. The molecule has 6 nitrogen and oxygen atoms in total. The Morgan fingerprint density at radius 3 is 2.74 bits per heavy atom. The maximum Gasteiger partial charge on any atom is 0.446 e. The summed E-state index contributed by atoms with van der Waals surface area (Å²) in [4.78, 5) is 12.5. The van der Waals surface area contributed by atoms with E-state index >= 15 is 0 Å². The fourth-order valence-corrected chi connectivity index (χ4v) is 6.35. The van der Waals surface area contributed by atoms with E-state index in [0.717, 1.165) is 31.2 Å². The molecule has 0 amide bonds. The average Bonchev–Trinajstić information content (AvgIpc) is 2.89. The van der Waals surface area contributed by atoms with Crippen LogP contribution in [0.2, 0.25) is 0 Å². The lowest BCUT2D eigenvalue weighted by Crippen LogP contribution is -2.43. The van der Waals surface area contributed by atoms with Crippen molar-refractivity contribution in [2.24, 2.45) is 17.3 Å². The minimum Gasteiger partial charge on any atom is -0.384 e. The molecule has 0 aliphatic heterocycles. The van der Waals surface area contributed by atoms with Gasteiger partial charge in [-0.2, -0.15) is 8.42 Å². The number of hydrogen-bond donors (Lipinski definition) is 1. The van der Waals surface area contributed by atoms with E-state index in [4.69, 9.17) is 9.29 Å². The van der Waals surface area contributed by atoms with Crippen molar-refractivity contribution in [3.8, 4) is 5.75 Å².